The molecule has 1 aromatic carbocycles. The van der Waals surface area contributed by atoms with Gasteiger partial charge in [0.1, 0.15) is 5.41 Å². The molecule has 8 heteroatoms. The highest BCUT2D eigenvalue weighted by Gasteiger charge is 2.38. The highest BCUT2D eigenvalue weighted by molar-refractivity contribution is 6.33. The van der Waals surface area contributed by atoms with Crippen molar-refractivity contribution in [2.24, 2.45) is 5.41 Å². The van der Waals surface area contributed by atoms with Crippen molar-refractivity contribution in [1.82, 2.24) is 10.2 Å². The minimum atomic E-state index is -1.27. The smallest absolute Gasteiger partial charge is 0.409 e. The molecule has 0 saturated carbocycles. The maximum Gasteiger partial charge on any atom is 0.409 e. The van der Waals surface area contributed by atoms with Crippen LogP contribution in [0.15, 0.2) is 24.3 Å². The van der Waals surface area contributed by atoms with Crippen LogP contribution in [0.4, 0.5) is 10.5 Å². The van der Waals surface area contributed by atoms with Crippen LogP contribution < -0.4 is 10.6 Å². The molecule has 0 radical (unpaired) electrons. The summed E-state index contributed by atoms with van der Waals surface area (Å²) < 4.78 is 4.99. The molecule has 0 unspecified atom stereocenters. The summed E-state index contributed by atoms with van der Waals surface area (Å²) in [6, 6.07) is 6.78. The van der Waals surface area contributed by atoms with Crippen LogP contribution >= 0.6 is 11.6 Å². The van der Waals surface area contributed by atoms with Crippen molar-refractivity contribution in [1.29, 1.82) is 0 Å². The van der Waals surface area contributed by atoms with Gasteiger partial charge in [-0.2, -0.15) is 0 Å². The number of benzene rings is 1. The van der Waals surface area contributed by atoms with Crippen LogP contribution in [0, 0.1) is 5.41 Å². The van der Waals surface area contributed by atoms with Gasteiger partial charge in [-0.3, -0.25) is 9.59 Å². The highest BCUT2D eigenvalue weighted by Crippen LogP contribution is 2.25. The molecule has 2 N–H and O–H groups in total. The molecular weight excluding hydrogens is 370 g/mol. The van der Waals surface area contributed by atoms with E-state index in [-0.39, 0.29) is 18.0 Å². The first-order valence-corrected chi connectivity index (χ1v) is 9.42. The molecule has 1 fully saturated rings. The summed E-state index contributed by atoms with van der Waals surface area (Å²) in [5.41, 5.74) is -0.801. The lowest BCUT2D eigenvalue weighted by Gasteiger charge is -2.33. The molecule has 0 aliphatic carbocycles. The molecule has 0 spiro atoms. The second-order valence-corrected chi connectivity index (χ2v) is 7.40. The molecular formula is C19H26ClN3O4. The number of amides is 3. The molecule has 1 aliphatic heterocycles. The number of para-hydroxylation sites is 1. The van der Waals surface area contributed by atoms with Crippen molar-refractivity contribution in [3.63, 3.8) is 0 Å². The first-order chi connectivity index (χ1) is 12.8. The largest absolute Gasteiger partial charge is 0.450 e. The molecule has 1 aromatic rings. The fourth-order valence-electron chi connectivity index (χ4n) is 2.73. The van der Waals surface area contributed by atoms with Gasteiger partial charge in [0.25, 0.3) is 0 Å². The number of halogens is 1. The third-order valence-corrected chi connectivity index (χ3v) is 4.94. The van der Waals surface area contributed by atoms with Crippen molar-refractivity contribution in [2.45, 2.75) is 39.7 Å². The van der Waals surface area contributed by atoms with Crippen LogP contribution in [-0.4, -0.2) is 48.5 Å². The highest BCUT2D eigenvalue weighted by atomic mass is 35.5. The molecule has 1 aliphatic rings. The average Bonchev–Trinajstić information content (AvgIpc) is 2.64. The molecule has 1 heterocycles. The van der Waals surface area contributed by atoms with Gasteiger partial charge in [-0.25, -0.2) is 4.79 Å². The Bertz CT molecular complexity index is 700. The Morgan fingerprint density at radius 1 is 1.19 bits per heavy atom. The van der Waals surface area contributed by atoms with Gasteiger partial charge < -0.3 is 20.3 Å². The number of rotatable bonds is 5. The lowest BCUT2D eigenvalue weighted by atomic mass is 9.90. The number of carbonyl (C=O) groups is 3. The van der Waals surface area contributed by atoms with Crippen LogP contribution in [0.25, 0.3) is 0 Å². The number of piperidine rings is 1. The van der Waals surface area contributed by atoms with E-state index in [4.69, 9.17) is 16.3 Å². The summed E-state index contributed by atoms with van der Waals surface area (Å²) in [6.45, 7) is 6.27. The molecule has 1 saturated heterocycles. The SMILES string of the molecule is CCOC(=O)N1CCC(NC(=O)C(C)(C)C(=O)Nc2ccccc2Cl)CC1. The fourth-order valence-corrected chi connectivity index (χ4v) is 2.91. The molecule has 7 nitrogen and oxygen atoms in total. The summed E-state index contributed by atoms with van der Waals surface area (Å²) in [7, 11) is 0. The molecule has 27 heavy (non-hydrogen) atoms. The van der Waals surface area contributed by atoms with Crippen LogP contribution in [0.1, 0.15) is 33.6 Å². The quantitative estimate of drug-likeness (QED) is 0.750. The first-order valence-electron chi connectivity index (χ1n) is 9.04. The van der Waals surface area contributed by atoms with Gasteiger partial charge in [-0.1, -0.05) is 23.7 Å². The predicted molar refractivity (Wildman–Crippen MR) is 104 cm³/mol. The molecule has 148 valence electrons. The molecule has 0 bridgehead atoms. The van der Waals surface area contributed by atoms with E-state index >= 15 is 0 Å². The summed E-state index contributed by atoms with van der Waals surface area (Å²) >= 11 is 6.06. The van der Waals surface area contributed by atoms with Gasteiger partial charge in [-0.15, -0.1) is 0 Å². The van der Waals surface area contributed by atoms with Crippen LogP contribution in [0.2, 0.25) is 5.02 Å². The summed E-state index contributed by atoms with van der Waals surface area (Å²) in [5.74, 6) is -0.793. The van der Waals surface area contributed by atoms with Gasteiger partial charge in [0.15, 0.2) is 0 Å². The van der Waals surface area contributed by atoms with Crippen LogP contribution in [-0.2, 0) is 14.3 Å². The number of hydrogen-bond acceptors (Lipinski definition) is 4. The van der Waals surface area contributed by atoms with Crippen molar-refractivity contribution < 1.29 is 19.1 Å². The van der Waals surface area contributed by atoms with Gasteiger partial charge in [-0.05, 0) is 45.7 Å². The first kappa shape index (κ1) is 21.0. The third kappa shape index (κ3) is 5.35. The Hall–Kier alpha value is -2.28. The number of anilines is 1. The second-order valence-electron chi connectivity index (χ2n) is 6.99. The van der Waals surface area contributed by atoms with Crippen molar-refractivity contribution in [2.75, 3.05) is 25.0 Å². The van der Waals surface area contributed by atoms with Crippen LogP contribution in [0.3, 0.4) is 0 Å². The standard InChI is InChI=1S/C19H26ClN3O4/c1-4-27-18(26)23-11-9-13(10-12-23)21-16(24)19(2,3)17(25)22-15-8-6-5-7-14(15)20/h5-8,13H,4,9-12H2,1-3H3,(H,21,24)(H,22,25). The zero-order chi connectivity index (χ0) is 20.0. The van der Waals surface area contributed by atoms with E-state index < -0.39 is 11.3 Å². The monoisotopic (exact) mass is 395 g/mol. The minimum Gasteiger partial charge on any atom is -0.450 e. The average molecular weight is 396 g/mol. The van der Waals surface area contributed by atoms with Gasteiger partial charge in [0, 0.05) is 19.1 Å². The molecule has 0 aromatic heterocycles. The summed E-state index contributed by atoms with van der Waals surface area (Å²) in [4.78, 5) is 38.6. The third-order valence-electron chi connectivity index (χ3n) is 4.61. The van der Waals surface area contributed by atoms with Gasteiger partial charge >= 0.3 is 6.09 Å². The number of ether oxygens (including phenoxy) is 1. The Labute approximate surface area is 164 Å². The Kier molecular flexibility index (Phi) is 7.07. The normalized spacial score (nSPS) is 15.2. The summed E-state index contributed by atoms with van der Waals surface area (Å²) in [5, 5.41) is 6.03. The van der Waals surface area contributed by atoms with E-state index in [0.717, 1.165) is 0 Å². The van der Waals surface area contributed by atoms with Crippen LogP contribution in [0.5, 0.6) is 0 Å². The second kappa shape index (κ2) is 9.08. The van der Waals surface area contributed by atoms with Crippen molar-refractivity contribution >= 4 is 35.2 Å². The zero-order valence-electron chi connectivity index (χ0n) is 15.9. The van der Waals surface area contributed by atoms with Crippen molar-refractivity contribution in [3.05, 3.63) is 29.3 Å². The predicted octanol–water partition coefficient (Wildman–Crippen LogP) is 3.04. The van der Waals surface area contributed by atoms with Gasteiger partial charge in [0.2, 0.25) is 11.8 Å². The van der Waals surface area contributed by atoms with E-state index in [0.29, 0.717) is 43.2 Å². The van der Waals surface area contributed by atoms with E-state index in [1.165, 1.54) is 0 Å². The fraction of sp³-hybridized carbons (Fsp3) is 0.526. The van der Waals surface area contributed by atoms with E-state index in [2.05, 4.69) is 10.6 Å². The molecule has 2 rings (SSSR count). The Balaban J connectivity index is 1.90. The number of carbonyl (C=O) groups excluding carboxylic acids is 3. The molecule has 0 atom stereocenters. The Morgan fingerprint density at radius 3 is 2.41 bits per heavy atom. The van der Waals surface area contributed by atoms with E-state index in [1.807, 2.05) is 0 Å². The number of likely N-dealkylation sites (tertiary alicyclic amines) is 1. The number of hydrogen-bond donors (Lipinski definition) is 2. The minimum absolute atomic E-state index is 0.0874. The molecule has 3 amide bonds. The summed E-state index contributed by atoms with van der Waals surface area (Å²) in [6.07, 6.45) is 0.904. The number of nitrogens with zero attached hydrogens (tertiary/aromatic N) is 1. The van der Waals surface area contributed by atoms with Gasteiger partial charge in [0.05, 0.1) is 17.3 Å². The van der Waals surface area contributed by atoms with Crippen molar-refractivity contribution in [3.8, 4) is 0 Å². The maximum absolute atomic E-state index is 12.7. The zero-order valence-corrected chi connectivity index (χ0v) is 16.6. The van der Waals surface area contributed by atoms with E-state index in [9.17, 15) is 14.4 Å². The van der Waals surface area contributed by atoms with E-state index in [1.54, 1.807) is 49.9 Å². The lowest BCUT2D eigenvalue weighted by molar-refractivity contribution is -0.139. The maximum atomic E-state index is 12.7. The number of nitrogens with one attached hydrogen (secondary N) is 2. The Morgan fingerprint density at radius 2 is 1.81 bits per heavy atom. The topological polar surface area (TPSA) is 87.7 Å². The lowest BCUT2D eigenvalue weighted by Crippen LogP contribution is -2.52.